The fourth-order valence-electron chi connectivity index (χ4n) is 0.263. The van der Waals surface area contributed by atoms with Crippen LogP contribution >= 0.6 is 0 Å². The van der Waals surface area contributed by atoms with Crippen molar-refractivity contribution in [2.75, 3.05) is 6.61 Å². The molecule has 0 spiro atoms. The summed E-state index contributed by atoms with van der Waals surface area (Å²) in [4.78, 5) is 0. The van der Waals surface area contributed by atoms with Crippen molar-refractivity contribution < 1.29 is 21.4 Å². The van der Waals surface area contributed by atoms with Crippen molar-refractivity contribution in [3.8, 4) is 0 Å². The van der Waals surface area contributed by atoms with Gasteiger partial charge in [-0.1, -0.05) is 0 Å². The van der Waals surface area contributed by atoms with Gasteiger partial charge in [-0.15, -0.1) is 4.13 Å². The van der Waals surface area contributed by atoms with E-state index in [-0.39, 0.29) is 6.61 Å². The van der Waals surface area contributed by atoms with Crippen LogP contribution in [0.4, 0.5) is 0 Å². The third-order valence-corrected chi connectivity index (χ3v) is 2.35. The Kier molecular flexibility index (Phi) is 3.98. The maximum Gasteiger partial charge on any atom is 0.346 e. The third-order valence-electron chi connectivity index (χ3n) is 0.443. The first-order valence-corrected chi connectivity index (χ1v) is 4.72. The average molecular weight is 188 g/mol. The molecule has 1 N–H and O–H groups in total. The summed E-state index contributed by atoms with van der Waals surface area (Å²) in [6, 6.07) is 0. The molecule has 0 fully saturated rings. The minimum atomic E-state index is -4.09. The Labute approximate surface area is 61.3 Å². The first kappa shape index (κ1) is 9.98. The highest BCUT2D eigenvalue weighted by Crippen LogP contribution is 1.86. The van der Waals surface area contributed by atoms with Gasteiger partial charge in [0.05, 0.1) is 6.61 Å². The van der Waals surface area contributed by atoms with Crippen LogP contribution in [0.25, 0.3) is 0 Å². The van der Waals surface area contributed by atoms with E-state index in [1.807, 2.05) is 0 Å². The number of hydrogen-bond donors (Lipinski definition) is 1. The lowest BCUT2D eigenvalue weighted by molar-refractivity contribution is 0.335. The summed E-state index contributed by atoms with van der Waals surface area (Å²) in [6.07, 6.45) is 0. The van der Waals surface area contributed by atoms with E-state index in [0.29, 0.717) is 0 Å². The predicted octanol–water partition coefficient (Wildman–Crippen LogP) is -1.35. The van der Waals surface area contributed by atoms with E-state index >= 15 is 0 Å². The molecule has 0 saturated heterocycles. The van der Waals surface area contributed by atoms with Gasteiger partial charge in [-0.2, -0.15) is 8.42 Å². The summed E-state index contributed by atoms with van der Waals surface area (Å²) in [5.74, 6) is 0. The quantitative estimate of drug-likeness (QED) is 0.550. The fourth-order valence-corrected chi connectivity index (χ4v) is 1.43. The standard InChI is InChI=1S/C2H7NO5S2/c1-2-8-10(6,7)3-9(4)5/h3H,2H2,1H3,(H,4,5)/p-1. The Morgan fingerprint density at radius 1 is 1.70 bits per heavy atom. The zero-order chi connectivity index (χ0) is 8.20. The van der Waals surface area contributed by atoms with Gasteiger partial charge in [-0.3, -0.25) is 8.39 Å². The molecule has 0 bridgehead atoms. The molecular weight excluding hydrogens is 182 g/mol. The highest BCUT2D eigenvalue weighted by atomic mass is 32.3. The van der Waals surface area contributed by atoms with E-state index in [1.165, 1.54) is 11.1 Å². The van der Waals surface area contributed by atoms with Crippen molar-refractivity contribution in [3.05, 3.63) is 0 Å². The van der Waals surface area contributed by atoms with Crippen LogP contribution in [0.3, 0.4) is 0 Å². The monoisotopic (exact) mass is 188 g/mol. The molecule has 0 aromatic carbocycles. The normalized spacial score (nSPS) is 15.0. The number of hydrogen-bond acceptors (Lipinski definition) is 5. The molecule has 0 rings (SSSR count). The van der Waals surface area contributed by atoms with Gasteiger partial charge in [0.15, 0.2) is 0 Å². The summed E-state index contributed by atoms with van der Waals surface area (Å²) in [5, 5.41) is 0. The summed E-state index contributed by atoms with van der Waals surface area (Å²) < 4.78 is 45.3. The third kappa shape index (κ3) is 4.82. The van der Waals surface area contributed by atoms with Crippen molar-refractivity contribution in [2.24, 2.45) is 0 Å². The summed E-state index contributed by atoms with van der Waals surface area (Å²) in [5.41, 5.74) is 0. The van der Waals surface area contributed by atoms with E-state index in [9.17, 15) is 17.2 Å². The Morgan fingerprint density at radius 3 is 2.50 bits per heavy atom. The van der Waals surface area contributed by atoms with Crippen molar-refractivity contribution in [3.63, 3.8) is 0 Å². The van der Waals surface area contributed by atoms with Gasteiger partial charge < -0.3 is 4.55 Å². The van der Waals surface area contributed by atoms with Crippen LogP contribution in [0.1, 0.15) is 6.92 Å². The molecule has 0 aliphatic rings. The molecule has 0 heterocycles. The molecule has 10 heavy (non-hydrogen) atoms. The largest absolute Gasteiger partial charge is 0.759 e. The molecule has 6 nitrogen and oxygen atoms in total. The molecular formula is C2H6NO5S2-. The van der Waals surface area contributed by atoms with E-state index in [2.05, 4.69) is 4.18 Å². The van der Waals surface area contributed by atoms with Crippen LogP contribution in [0, 0.1) is 0 Å². The van der Waals surface area contributed by atoms with Crippen LogP contribution in [0.2, 0.25) is 0 Å². The maximum atomic E-state index is 10.3. The Hall–Kier alpha value is -0.0200. The van der Waals surface area contributed by atoms with Crippen molar-refractivity contribution in [1.29, 1.82) is 0 Å². The van der Waals surface area contributed by atoms with Gasteiger partial charge >= 0.3 is 10.3 Å². The summed E-state index contributed by atoms with van der Waals surface area (Å²) >= 11 is -2.85. The Bertz CT molecular complexity index is 208. The van der Waals surface area contributed by atoms with Gasteiger partial charge in [0.25, 0.3) is 0 Å². The van der Waals surface area contributed by atoms with Crippen molar-refractivity contribution in [1.82, 2.24) is 4.13 Å². The second kappa shape index (κ2) is 3.98. The molecule has 8 heteroatoms. The lowest BCUT2D eigenvalue weighted by Gasteiger charge is -2.05. The Morgan fingerprint density at radius 2 is 2.20 bits per heavy atom. The van der Waals surface area contributed by atoms with Crippen molar-refractivity contribution >= 4 is 21.6 Å². The first-order valence-electron chi connectivity index (χ1n) is 2.24. The van der Waals surface area contributed by atoms with Crippen molar-refractivity contribution in [2.45, 2.75) is 6.92 Å². The van der Waals surface area contributed by atoms with Gasteiger partial charge in [-0.05, 0) is 6.92 Å². The molecule has 0 radical (unpaired) electrons. The van der Waals surface area contributed by atoms with Gasteiger partial charge in [0.1, 0.15) is 0 Å². The lowest BCUT2D eigenvalue weighted by atomic mass is 10.9. The molecule has 1 atom stereocenters. The fraction of sp³-hybridized carbons (Fsp3) is 1.00. The summed E-state index contributed by atoms with van der Waals surface area (Å²) in [7, 11) is -4.09. The minimum absolute atomic E-state index is 0.105. The van der Waals surface area contributed by atoms with E-state index < -0.39 is 21.6 Å². The first-order chi connectivity index (χ1) is 4.48. The number of rotatable bonds is 4. The molecule has 0 saturated carbocycles. The second-order valence-corrected chi connectivity index (χ2v) is 3.46. The Balaban J connectivity index is 4.02. The molecule has 0 aliphatic heterocycles. The zero-order valence-corrected chi connectivity index (χ0v) is 6.70. The van der Waals surface area contributed by atoms with Crippen LogP contribution in [0.15, 0.2) is 0 Å². The topological polar surface area (TPSA) is 95.5 Å². The highest BCUT2D eigenvalue weighted by Gasteiger charge is 2.07. The molecule has 0 aliphatic carbocycles. The van der Waals surface area contributed by atoms with E-state index in [0.717, 1.165) is 0 Å². The molecule has 0 aromatic rings. The van der Waals surface area contributed by atoms with Crippen LogP contribution < -0.4 is 4.13 Å². The van der Waals surface area contributed by atoms with Crippen LogP contribution in [-0.4, -0.2) is 23.8 Å². The number of nitrogens with one attached hydrogen (secondary N) is 1. The molecule has 0 amide bonds. The lowest BCUT2D eigenvalue weighted by Crippen LogP contribution is -2.27. The van der Waals surface area contributed by atoms with Gasteiger partial charge in [0, 0.05) is 11.3 Å². The highest BCUT2D eigenvalue weighted by molar-refractivity contribution is 7.97. The van der Waals surface area contributed by atoms with Gasteiger partial charge in [0.2, 0.25) is 0 Å². The SMILES string of the molecule is CCOS(=O)(=O)NS(=O)[O-]. The summed E-state index contributed by atoms with van der Waals surface area (Å²) in [6.45, 7) is 1.32. The maximum absolute atomic E-state index is 10.3. The van der Waals surface area contributed by atoms with Gasteiger partial charge in [-0.25, -0.2) is 0 Å². The average Bonchev–Trinajstić information content (AvgIpc) is 1.59. The molecule has 0 aromatic heterocycles. The molecule has 1 unspecified atom stereocenters. The minimum Gasteiger partial charge on any atom is -0.759 e. The zero-order valence-electron chi connectivity index (χ0n) is 5.06. The molecule has 62 valence electrons. The second-order valence-electron chi connectivity index (χ2n) is 1.18. The smallest absolute Gasteiger partial charge is 0.346 e. The van der Waals surface area contributed by atoms with E-state index in [4.69, 9.17) is 0 Å². The van der Waals surface area contributed by atoms with Crippen LogP contribution in [0.5, 0.6) is 0 Å². The van der Waals surface area contributed by atoms with Crippen LogP contribution in [-0.2, 0) is 25.8 Å². The predicted molar refractivity (Wildman–Crippen MR) is 32.6 cm³/mol. The van der Waals surface area contributed by atoms with E-state index in [1.54, 1.807) is 0 Å².